The van der Waals surface area contributed by atoms with Crippen molar-refractivity contribution in [2.75, 3.05) is 32.8 Å². The van der Waals surface area contributed by atoms with E-state index in [0.717, 1.165) is 23.1 Å². The molecule has 3 N–H and O–H groups in total. The third-order valence-corrected chi connectivity index (χ3v) is 4.74. The molecular weight excluding hydrogens is 336 g/mol. The quantitative estimate of drug-likeness (QED) is 0.858. The fourth-order valence-electron chi connectivity index (χ4n) is 2.90. The summed E-state index contributed by atoms with van der Waals surface area (Å²) in [7, 11) is 0. The van der Waals surface area contributed by atoms with Gasteiger partial charge in [-0.3, -0.25) is 0 Å². The molecule has 0 amide bonds. The van der Waals surface area contributed by atoms with E-state index in [1.165, 1.54) is 12.8 Å². The molecule has 1 fully saturated rings. The highest BCUT2D eigenvalue weighted by atomic mass is 79.9. The summed E-state index contributed by atoms with van der Waals surface area (Å²) in [6.45, 7) is 3.94. The van der Waals surface area contributed by atoms with E-state index in [1.807, 2.05) is 12.1 Å². The summed E-state index contributed by atoms with van der Waals surface area (Å²) in [6, 6.07) is 3.35. The summed E-state index contributed by atoms with van der Waals surface area (Å²) in [6.07, 6.45) is 1.71. The molecule has 116 valence electrons. The van der Waals surface area contributed by atoms with Gasteiger partial charge in [-0.15, -0.1) is 0 Å². The Kier molecular flexibility index (Phi) is 4.69. The lowest BCUT2D eigenvalue weighted by atomic mass is 10.0. The third kappa shape index (κ3) is 3.34. The van der Waals surface area contributed by atoms with E-state index < -0.39 is 6.10 Å². The first-order chi connectivity index (χ1) is 10.1. The lowest BCUT2D eigenvalue weighted by Gasteiger charge is -2.26. The number of hydrogen-bond donors (Lipinski definition) is 2. The average Bonchev–Trinajstić information content (AvgIpc) is 2.98. The average molecular weight is 357 g/mol. The number of likely N-dealkylation sites (tertiary alicyclic amines) is 1. The second kappa shape index (κ2) is 6.52. The summed E-state index contributed by atoms with van der Waals surface area (Å²) < 4.78 is 11.9. The van der Waals surface area contributed by atoms with Crippen molar-refractivity contribution in [2.45, 2.75) is 25.0 Å². The maximum absolute atomic E-state index is 10.6. The number of nitrogens with two attached hydrogens (primary N) is 1. The summed E-state index contributed by atoms with van der Waals surface area (Å²) in [5.41, 5.74) is 6.94. The second-order valence-corrected chi connectivity index (χ2v) is 6.49. The second-order valence-electron chi connectivity index (χ2n) is 5.63. The Hall–Kier alpha value is -0.820. The molecular formula is C15H21BrN2O3. The number of benzene rings is 1. The van der Waals surface area contributed by atoms with Crippen LogP contribution in [0, 0.1) is 0 Å². The Bertz CT molecular complexity index is 506. The van der Waals surface area contributed by atoms with Crippen molar-refractivity contribution in [3.05, 3.63) is 22.2 Å². The summed E-state index contributed by atoms with van der Waals surface area (Å²) in [5.74, 6) is 1.38. The number of rotatable bonds is 4. The fraction of sp³-hybridized carbons (Fsp3) is 0.600. The van der Waals surface area contributed by atoms with Gasteiger partial charge in [-0.25, -0.2) is 0 Å². The molecule has 0 bridgehead atoms. The molecule has 1 aromatic rings. The van der Waals surface area contributed by atoms with Crippen molar-refractivity contribution in [3.63, 3.8) is 0 Å². The van der Waals surface area contributed by atoms with Crippen molar-refractivity contribution in [1.82, 2.24) is 4.90 Å². The molecule has 5 nitrogen and oxygen atoms in total. The Labute approximate surface area is 133 Å². The van der Waals surface area contributed by atoms with E-state index in [2.05, 4.69) is 20.8 Å². The Morgan fingerprint density at radius 2 is 1.81 bits per heavy atom. The van der Waals surface area contributed by atoms with Crippen LogP contribution in [0.25, 0.3) is 0 Å². The third-order valence-electron chi connectivity index (χ3n) is 4.05. The van der Waals surface area contributed by atoms with Crippen LogP contribution >= 0.6 is 15.9 Å². The van der Waals surface area contributed by atoms with Gasteiger partial charge in [0.05, 0.1) is 6.10 Å². The monoisotopic (exact) mass is 356 g/mol. The number of aliphatic hydroxyl groups excluding tert-OH is 1. The molecule has 2 aliphatic heterocycles. The van der Waals surface area contributed by atoms with Gasteiger partial charge in [0, 0.05) is 22.6 Å². The fourth-order valence-corrected chi connectivity index (χ4v) is 3.46. The van der Waals surface area contributed by atoms with Gasteiger partial charge in [0.15, 0.2) is 11.5 Å². The highest BCUT2D eigenvalue weighted by Gasteiger charge is 2.25. The van der Waals surface area contributed by atoms with Gasteiger partial charge < -0.3 is 25.2 Å². The van der Waals surface area contributed by atoms with E-state index in [9.17, 15) is 5.11 Å². The number of hydrogen-bond acceptors (Lipinski definition) is 5. The van der Waals surface area contributed by atoms with Crippen LogP contribution in [0.2, 0.25) is 0 Å². The van der Waals surface area contributed by atoms with Gasteiger partial charge in [-0.1, -0.05) is 15.9 Å². The van der Waals surface area contributed by atoms with Gasteiger partial charge in [-0.2, -0.15) is 0 Å². The Balaban J connectivity index is 1.75. The Morgan fingerprint density at radius 1 is 1.19 bits per heavy atom. The van der Waals surface area contributed by atoms with E-state index >= 15 is 0 Å². The van der Waals surface area contributed by atoms with Crippen LogP contribution in [0.4, 0.5) is 0 Å². The van der Waals surface area contributed by atoms with Crippen molar-refractivity contribution < 1.29 is 14.6 Å². The number of nitrogens with zero attached hydrogens (tertiary/aromatic N) is 1. The maximum atomic E-state index is 10.6. The van der Waals surface area contributed by atoms with Crippen molar-refractivity contribution in [2.24, 2.45) is 5.73 Å². The van der Waals surface area contributed by atoms with Crippen LogP contribution in [0.5, 0.6) is 11.5 Å². The first-order valence-corrected chi connectivity index (χ1v) is 8.19. The number of ether oxygens (including phenoxy) is 2. The molecule has 0 unspecified atom stereocenters. The zero-order valence-corrected chi connectivity index (χ0v) is 13.5. The minimum absolute atomic E-state index is 0.318. The van der Waals surface area contributed by atoms with Gasteiger partial charge in [0.1, 0.15) is 13.2 Å². The molecule has 2 atom stereocenters. The van der Waals surface area contributed by atoms with Gasteiger partial charge in [-0.05, 0) is 38.1 Å². The van der Waals surface area contributed by atoms with Crippen molar-refractivity contribution in [3.8, 4) is 11.5 Å². The normalized spacial score (nSPS) is 21.3. The zero-order valence-electron chi connectivity index (χ0n) is 11.9. The van der Waals surface area contributed by atoms with Crippen LogP contribution in [0.3, 0.4) is 0 Å². The Morgan fingerprint density at radius 3 is 2.48 bits per heavy atom. The number of aliphatic hydroxyl groups is 1. The van der Waals surface area contributed by atoms with Crippen LogP contribution in [0.15, 0.2) is 16.6 Å². The molecule has 6 heteroatoms. The van der Waals surface area contributed by atoms with Crippen molar-refractivity contribution in [1.29, 1.82) is 0 Å². The van der Waals surface area contributed by atoms with Crippen molar-refractivity contribution >= 4 is 15.9 Å². The smallest absolute Gasteiger partial charge is 0.162 e. The molecule has 0 aliphatic carbocycles. The number of halogens is 1. The van der Waals surface area contributed by atoms with Crippen LogP contribution in [-0.4, -0.2) is 48.9 Å². The van der Waals surface area contributed by atoms with E-state index in [4.69, 9.17) is 15.2 Å². The van der Waals surface area contributed by atoms with E-state index in [-0.39, 0.29) is 6.04 Å². The summed E-state index contributed by atoms with van der Waals surface area (Å²) in [5, 5.41) is 10.6. The minimum Gasteiger partial charge on any atom is -0.486 e. The lowest BCUT2D eigenvalue weighted by Crippen LogP contribution is -2.40. The van der Waals surface area contributed by atoms with Crippen LogP contribution < -0.4 is 15.2 Å². The van der Waals surface area contributed by atoms with E-state index in [1.54, 1.807) is 0 Å². The molecule has 3 rings (SSSR count). The van der Waals surface area contributed by atoms with Gasteiger partial charge in [0.25, 0.3) is 0 Å². The first kappa shape index (κ1) is 15.1. The largest absolute Gasteiger partial charge is 0.486 e. The predicted octanol–water partition coefficient (Wildman–Crippen LogP) is 1.68. The standard InChI is InChI=1S/C15H21BrN2O3/c16-11-8-14-13(20-5-6-21-14)7-10(11)15(19)12(17)9-18-3-1-2-4-18/h7-8,12,15,19H,1-6,9,17H2/t12-,15-/m1/s1. The molecule has 2 aliphatic rings. The first-order valence-electron chi connectivity index (χ1n) is 7.40. The van der Waals surface area contributed by atoms with Gasteiger partial charge >= 0.3 is 0 Å². The number of fused-ring (bicyclic) bond motifs is 1. The molecule has 21 heavy (non-hydrogen) atoms. The minimum atomic E-state index is -0.726. The molecule has 2 heterocycles. The predicted molar refractivity (Wildman–Crippen MR) is 83.7 cm³/mol. The molecule has 0 aromatic heterocycles. The van der Waals surface area contributed by atoms with E-state index in [0.29, 0.717) is 31.3 Å². The molecule has 1 saturated heterocycles. The lowest BCUT2D eigenvalue weighted by molar-refractivity contribution is 0.123. The highest BCUT2D eigenvalue weighted by molar-refractivity contribution is 9.10. The van der Waals surface area contributed by atoms with Gasteiger partial charge in [0.2, 0.25) is 0 Å². The molecule has 0 saturated carbocycles. The van der Waals surface area contributed by atoms with Crippen LogP contribution in [-0.2, 0) is 0 Å². The molecule has 1 aromatic carbocycles. The maximum Gasteiger partial charge on any atom is 0.162 e. The topological polar surface area (TPSA) is 68.0 Å². The molecule has 0 radical (unpaired) electrons. The zero-order chi connectivity index (χ0) is 14.8. The summed E-state index contributed by atoms with van der Waals surface area (Å²) in [4.78, 5) is 2.31. The highest BCUT2D eigenvalue weighted by Crippen LogP contribution is 2.38. The SMILES string of the molecule is N[C@H](CN1CCCC1)[C@H](O)c1cc2c(cc1Br)OCCO2. The van der Waals surface area contributed by atoms with Crippen LogP contribution in [0.1, 0.15) is 24.5 Å². The molecule has 0 spiro atoms. The summed E-state index contributed by atoms with van der Waals surface area (Å²) >= 11 is 3.49.